The molecule has 1 atom stereocenters. The highest BCUT2D eigenvalue weighted by molar-refractivity contribution is 5.85. The number of nitrogens with one attached hydrogen (secondary N) is 1. The highest BCUT2D eigenvalue weighted by Gasteiger charge is 2.06. The van der Waals surface area contributed by atoms with Crippen molar-refractivity contribution in [2.75, 3.05) is 20.6 Å². The molecule has 1 aromatic rings. The lowest BCUT2D eigenvalue weighted by Crippen LogP contribution is -2.35. The second-order valence-electron chi connectivity index (χ2n) is 4.36. The van der Waals surface area contributed by atoms with Crippen molar-refractivity contribution in [2.24, 2.45) is 0 Å². The fourth-order valence-corrected chi connectivity index (χ4v) is 1.59. The van der Waals surface area contributed by atoms with Crippen LogP contribution >= 0.6 is 0 Å². The predicted octanol–water partition coefficient (Wildman–Crippen LogP) is 0.819. The van der Waals surface area contributed by atoms with E-state index in [0.29, 0.717) is 12.6 Å². The number of pyridine rings is 1. The van der Waals surface area contributed by atoms with E-state index in [4.69, 9.17) is 5.11 Å². The Morgan fingerprint density at radius 1 is 1.53 bits per heavy atom. The van der Waals surface area contributed by atoms with Crippen LogP contribution in [0.1, 0.15) is 23.1 Å². The number of nitrogens with zero attached hydrogens (tertiary/aromatic N) is 2. The van der Waals surface area contributed by atoms with E-state index in [1.54, 1.807) is 6.07 Å². The first-order valence-corrected chi connectivity index (χ1v) is 5.56. The van der Waals surface area contributed by atoms with Crippen molar-refractivity contribution in [3.8, 4) is 0 Å². The van der Waals surface area contributed by atoms with Gasteiger partial charge < -0.3 is 15.3 Å². The first kappa shape index (κ1) is 13.6. The normalized spacial score (nSPS) is 12.7. The fraction of sp³-hybridized carbons (Fsp3) is 0.500. The van der Waals surface area contributed by atoms with Gasteiger partial charge in [-0.3, -0.25) is 0 Å². The molecule has 0 radical (unpaired) electrons. The molecular weight excluding hydrogens is 218 g/mol. The van der Waals surface area contributed by atoms with E-state index in [2.05, 4.69) is 22.1 Å². The molecule has 0 bridgehead atoms. The molecule has 1 unspecified atom stereocenters. The zero-order valence-electron chi connectivity index (χ0n) is 10.5. The number of hydrogen-bond acceptors (Lipinski definition) is 4. The van der Waals surface area contributed by atoms with E-state index in [1.165, 1.54) is 6.07 Å². The van der Waals surface area contributed by atoms with Gasteiger partial charge in [0.25, 0.3) is 0 Å². The predicted molar refractivity (Wildman–Crippen MR) is 66.1 cm³/mol. The number of carboxylic acid groups (broad SMARTS) is 1. The van der Waals surface area contributed by atoms with Crippen molar-refractivity contribution in [2.45, 2.75) is 19.5 Å². The van der Waals surface area contributed by atoms with Crippen LogP contribution < -0.4 is 5.32 Å². The number of aromatic nitrogens is 1. The van der Waals surface area contributed by atoms with Crippen LogP contribution in [0.25, 0.3) is 0 Å². The van der Waals surface area contributed by atoms with Gasteiger partial charge in [-0.05, 0) is 33.2 Å². The van der Waals surface area contributed by atoms with Gasteiger partial charge in [-0.2, -0.15) is 0 Å². The molecule has 1 heterocycles. The molecule has 1 aromatic heterocycles. The minimum absolute atomic E-state index is 0.0876. The maximum Gasteiger partial charge on any atom is 0.354 e. The highest BCUT2D eigenvalue weighted by Crippen LogP contribution is 2.00. The van der Waals surface area contributed by atoms with Crippen molar-refractivity contribution in [1.82, 2.24) is 15.2 Å². The molecule has 0 aliphatic heterocycles. The zero-order chi connectivity index (χ0) is 12.8. The van der Waals surface area contributed by atoms with Crippen molar-refractivity contribution in [3.05, 3.63) is 29.6 Å². The Bertz CT molecular complexity index is 380. The quantitative estimate of drug-likeness (QED) is 0.767. The summed E-state index contributed by atoms with van der Waals surface area (Å²) in [6, 6.07) is 5.36. The summed E-state index contributed by atoms with van der Waals surface area (Å²) in [7, 11) is 4.03. The third-order valence-corrected chi connectivity index (χ3v) is 2.30. The summed E-state index contributed by atoms with van der Waals surface area (Å²) in [6.45, 7) is 3.59. The maximum atomic E-state index is 10.7. The SMILES string of the molecule is CC(CN(C)C)NCc1cccc(C(=O)O)n1. The Hall–Kier alpha value is -1.46. The Labute approximate surface area is 101 Å². The standard InChI is InChI=1S/C12H19N3O2/c1-9(8-15(2)3)13-7-10-5-4-6-11(14-10)12(16)17/h4-6,9,13H,7-8H2,1-3H3,(H,16,17). The zero-order valence-corrected chi connectivity index (χ0v) is 10.5. The third-order valence-electron chi connectivity index (χ3n) is 2.30. The largest absolute Gasteiger partial charge is 0.477 e. The number of aromatic carboxylic acids is 1. The monoisotopic (exact) mass is 237 g/mol. The number of rotatable bonds is 6. The first-order chi connectivity index (χ1) is 7.99. The molecule has 0 aromatic carbocycles. The second-order valence-corrected chi connectivity index (χ2v) is 4.36. The smallest absolute Gasteiger partial charge is 0.354 e. The van der Waals surface area contributed by atoms with E-state index in [-0.39, 0.29) is 5.69 Å². The van der Waals surface area contributed by atoms with Gasteiger partial charge in [-0.15, -0.1) is 0 Å². The van der Waals surface area contributed by atoms with Crippen molar-refractivity contribution in [3.63, 3.8) is 0 Å². The van der Waals surface area contributed by atoms with Crippen LogP contribution in [0.2, 0.25) is 0 Å². The molecule has 2 N–H and O–H groups in total. The molecule has 0 saturated carbocycles. The molecule has 5 nitrogen and oxygen atoms in total. The lowest BCUT2D eigenvalue weighted by molar-refractivity contribution is 0.0690. The number of carboxylic acids is 1. The van der Waals surface area contributed by atoms with E-state index < -0.39 is 5.97 Å². The van der Waals surface area contributed by atoms with Gasteiger partial charge in [0.2, 0.25) is 0 Å². The minimum Gasteiger partial charge on any atom is -0.477 e. The number of carbonyl (C=O) groups is 1. The molecular formula is C12H19N3O2. The Morgan fingerprint density at radius 2 is 2.24 bits per heavy atom. The highest BCUT2D eigenvalue weighted by atomic mass is 16.4. The lowest BCUT2D eigenvalue weighted by Gasteiger charge is -2.18. The molecule has 0 aliphatic carbocycles. The van der Waals surface area contributed by atoms with Crippen LogP contribution in [-0.2, 0) is 6.54 Å². The summed E-state index contributed by atoms with van der Waals surface area (Å²) >= 11 is 0. The van der Waals surface area contributed by atoms with E-state index >= 15 is 0 Å². The third kappa shape index (κ3) is 4.93. The number of hydrogen-bond donors (Lipinski definition) is 2. The van der Waals surface area contributed by atoms with Gasteiger partial charge in [0.15, 0.2) is 0 Å². The van der Waals surface area contributed by atoms with Gasteiger partial charge >= 0.3 is 5.97 Å². The summed E-state index contributed by atoms with van der Waals surface area (Å²) < 4.78 is 0. The molecule has 0 fully saturated rings. The van der Waals surface area contributed by atoms with Crippen LogP contribution in [0.5, 0.6) is 0 Å². The molecule has 94 valence electrons. The van der Waals surface area contributed by atoms with Gasteiger partial charge in [0.1, 0.15) is 5.69 Å². The van der Waals surface area contributed by atoms with Crippen LogP contribution in [0.4, 0.5) is 0 Å². The molecule has 5 heteroatoms. The van der Waals surface area contributed by atoms with Crippen LogP contribution in [0, 0.1) is 0 Å². The minimum atomic E-state index is -0.992. The van der Waals surface area contributed by atoms with Gasteiger partial charge in [0, 0.05) is 19.1 Å². The average molecular weight is 237 g/mol. The van der Waals surface area contributed by atoms with E-state index in [9.17, 15) is 4.79 Å². The second kappa shape index (κ2) is 6.32. The van der Waals surface area contributed by atoms with Crippen LogP contribution in [0.3, 0.4) is 0 Å². The molecule has 1 rings (SSSR count). The molecule has 0 aliphatic rings. The first-order valence-electron chi connectivity index (χ1n) is 5.56. The summed E-state index contributed by atoms with van der Waals surface area (Å²) in [6.07, 6.45) is 0. The summed E-state index contributed by atoms with van der Waals surface area (Å²) in [4.78, 5) is 16.9. The Morgan fingerprint density at radius 3 is 2.82 bits per heavy atom. The van der Waals surface area contributed by atoms with Crippen LogP contribution in [-0.4, -0.2) is 47.6 Å². The van der Waals surface area contributed by atoms with Gasteiger partial charge in [-0.1, -0.05) is 6.07 Å². The summed E-state index contributed by atoms with van der Waals surface area (Å²) in [5, 5.41) is 12.1. The number of likely N-dealkylation sites (N-methyl/N-ethyl adjacent to an activating group) is 1. The molecule has 17 heavy (non-hydrogen) atoms. The van der Waals surface area contributed by atoms with Crippen LogP contribution in [0.15, 0.2) is 18.2 Å². The van der Waals surface area contributed by atoms with Crippen molar-refractivity contribution >= 4 is 5.97 Å². The topological polar surface area (TPSA) is 65.5 Å². The Balaban J connectivity index is 2.51. The lowest BCUT2D eigenvalue weighted by atomic mass is 10.2. The summed E-state index contributed by atoms with van der Waals surface area (Å²) in [5.41, 5.74) is 0.833. The summed E-state index contributed by atoms with van der Waals surface area (Å²) in [5.74, 6) is -0.992. The maximum absolute atomic E-state index is 10.7. The average Bonchev–Trinajstić information content (AvgIpc) is 2.26. The van der Waals surface area contributed by atoms with E-state index in [1.807, 2.05) is 20.2 Å². The van der Waals surface area contributed by atoms with Gasteiger partial charge in [-0.25, -0.2) is 9.78 Å². The molecule has 0 spiro atoms. The molecule has 0 saturated heterocycles. The fourth-order valence-electron chi connectivity index (χ4n) is 1.59. The van der Waals surface area contributed by atoms with Gasteiger partial charge in [0.05, 0.1) is 5.69 Å². The van der Waals surface area contributed by atoms with E-state index in [0.717, 1.165) is 12.2 Å². The molecule has 0 amide bonds. The van der Waals surface area contributed by atoms with Crippen molar-refractivity contribution in [1.29, 1.82) is 0 Å². The Kier molecular flexibility index (Phi) is 5.06. The van der Waals surface area contributed by atoms with Crippen molar-refractivity contribution < 1.29 is 9.90 Å².